The van der Waals surface area contributed by atoms with Gasteiger partial charge in [0.15, 0.2) is 0 Å². The maximum Gasteiger partial charge on any atom is 0.328 e. The molecule has 0 bridgehead atoms. The molecule has 0 unspecified atom stereocenters. The van der Waals surface area contributed by atoms with Gasteiger partial charge in [0.25, 0.3) is 0 Å². The third-order valence-electron chi connectivity index (χ3n) is 7.56. The Kier molecular flexibility index (Phi) is 5.01. The van der Waals surface area contributed by atoms with Crippen LogP contribution in [-0.2, 0) is 11.2 Å². The van der Waals surface area contributed by atoms with Crippen molar-refractivity contribution in [3.63, 3.8) is 0 Å². The molecule has 2 aromatic heterocycles. The summed E-state index contributed by atoms with van der Waals surface area (Å²) in [5, 5.41) is 7.03. The molecule has 7 nitrogen and oxygen atoms in total. The SMILES string of the molecule is CCc1cn(C2CCC3(CCNCC3)CC2)c2ncc(N3CCC(=O)NC3=O)cc12. The van der Waals surface area contributed by atoms with Crippen molar-refractivity contribution in [1.82, 2.24) is 20.2 Å². The maximum absolute atomic E-state index is 12.3. The van der Waals surface area contributed by atoms with E-state index in [0.29, 0.717) is 24.4 Å². The van der Waals surface area contributed by atoms with Gasteiger partial charge in [-0.05, 0) is 75.1 Å². The minimum absolute atomic E-state index is 0.213. The summed E-state index contributed by atoms with van der Waals surface area (Å²) in [5.74, 6) is -0.213. The van der Waals surface area contributed by atoms with Gasteiger partial charge in [-0.15, -0.1) is 0 Å². The number of urea groups is 1. The first-order valence-electron chi connectivity index (χ1n) is 11.4. The van der Waals surface area contributed by atoms with E-state index in [1.807, 2.05) is 0 Å². The summed E-state index contributed by atoms with van der Waals surface area (Å²) in [6, 6.07) is 2.22. The number of imide groups is 1. The zero-order valence-electron chi connectivity index (χ0n) is 17.7. The molecule has 0 atom stereocenters. The van der Waals surface area contributed by atoms with Gasteiger partial charge in [0.1, 0.15) is 5.65 Å². The van der Waals surface area contributed by atoms with Crippen LogP contribution < -0.4 is 15.5 Å². The first kappa shape index (κ1) is 19.5. The fourth-order valence-electron chi connectivity index (χ4n) is 5.66. The number of carbonyl (C=O) groups excluding carboxylic acids is 2. The van der Waals surface area contributed by atoms with Crippen LogP contribution >= 0.6 is 0 Å². The number of rotatable bonds is 3. The van der Waals surface area contributed by atoms with E-state index >= 15 is 0 Å². The number of nitrogens with one attached hydrogen (secondary N) is 2. The molecule has 7 heteroatoms. The minimum Gasteiger partial charge on any atom is -0.329 e. The molecule has 2 N–H and O–H groups in total. The summed E-state index contributed by atoms with van der Waals surface area (Å²) in [7, 11) is 0. The molecule has 2 saturated heterocycles. The number of amides is 3. The lowest BCUT2D eigenvalue weighted by molar-refractivity contribution is -0.120. The Hall–Kier alpha value is -2.41. The second-order valence-electron chi connectivity index (χ2n) is 9.22. The second kappa shape index (κ2) is 7.69. The van der Waals surface area contributed by atoms with Crippen molar-refractivity contribution in [3.8, 4) is 0 Å². The van der Waals surface area contributed by atoms with Crippen LogP contribution in [0.15, 0.2) is 18.5 Å². The molecular weight excluding hydrogens is 378 g/mol. The van der Waals surface area contributed by atoms with Crippen LogP contribution in [0.25, 0.3) is 11.0 Å². The quantitative estimate of drug-likeness (QED) is 0.813. The standard InChI is InChI=1S/C23H31N5O2/c1-2-16-15-28(17-3-6-23(7-4-17)8-10-24-11-9-23)21-19(16)13-18(14-25-21)27-12-5-20(29)26-22(27)30/h13-15,17,24H,2-12H2,1H3,(H,26,29,30). The zero-order chi connectivity index (χ0) is 20.7. The topological polar surface area (TPSA) is 79.3 Å². The lowest BCUT2D eigenvalue weighted by atomic mass is 9.67. The molecule has 1 saturated carbocycles. The summed E-state index contributed by atoms with van der Waals surface area (Å²) in [4.78, 5) is 30.1. The largest absolute Gasteiger partial charge is 0.329 e. The summed E-state index contributed by atoms with van der Waals surface area (Å²) < 4.78 is 2.39. The van der Waals surface area contributed by atoms with Gasteiger partial charge in [0, 0.05) is 30.6 Å². The Morgan fingerprint density at radius 2 is 1.93 bits per heavy atom. The number of pyridine rings is 1. The predicted molar refractivity (Wildman–Crippen MR) is 117 cm³/mol. The summed E-state index contributed by atoms with van der Waals surface area (Å²) in [5.41, 5.74) is 3.61. The highest BCUT2D eigenvalue weighted by atomic mass is 16.2. The number of hydrogen-bond acceptors (Lipinski definition) is 4. The number of hydrogen-bond donors (Lipinski definition) is 2. The molecule has 1 aliphatic carbocycles. The van der Waals surface area contributed by atoms with E-state index in [2.05, 4.69) is 34.4 Å². The zero-order valence-corrected chi connectivity index (χ0v) is 17.7. The van der Waals surface area contributed by atoms with Crippen molar-refractivity contribution in [3.05, 3.63) is 24.0 Å². The van der Waals surface area contributed by atoms with E-state index in [1.54, 1.807) is 11.1 Å². The van der Waals surface area contributed by atoms with Gasteiger partial charge >= 0.3 is 6.03 Å². The number of aromatic nitrogens is 2. The molecule has 0 aromatic carbocycles. The van der Waals surface area contributed by atoms with E-state index in [-0.39, 0.29) is 11.9 Å². The molecule has 5 rings (SSSR count). The average molecular weight is 410 g/mol. The van der Waals surface area contributed by atoms with Crippen molar-refractivity contribution in [2.75, 3.05) is 24.5 Å². The number of anilines is 1. The lowest BCUT2D eigenvalue weighted by Gasteiger charge is -2.43. The minimum atomic E-state index is -0.357. The van der Waals surface area contributed by atoms with Gasteiger partial charge in [-0.2, -0.15) is 0 Å². The fraction of sp³-hybridized carbons (Fsp3) is 0.609. The monoisotopic (exact) mass is 409 g/mol. The van der Waals surface area contributed by atoms with E-state index in [9.17, 15) is 9.59 Å². The highest BCUT2D eigenvalue weighted by Gasteiger charge is 2.37. The molecule has 30 heavy (non-hydrogen) atoms. The van der Waals surface area contributed by atoms with Crippen LogP contribution in [0.1, 0.15) is 63.5 Å². The van der Waals surface area contributed by atoms with Crippen LogP contribution in [0.3, 0.4) is 0 Å². The van der Waals surface area contributed by atoms with Crippen molar-refractivity contribution in [2.45, 2.75) is 64.3 Å². The molecule has 4 heterocycles. The van der Waals surface area contributed by atoms with Gasteiger partial charge in [0.05, 0.1) is 11.9 Å². The number of carbonyl (C=O) groups is 2. The summed E-state index contributed by atoms with van der Waals surface area (Å²) in [6.45, 7) is 4.90. The summed E-state index contributed by atoms with van der Waals surface area (Å²) >= 11 is 0. The Morgan fingerprint density at radius 3 is 2.63 bits per heavy atom. The van der Waals surface area contributed by atoms with Crippen LogP contribution in [0.4, 0.5) is 10.5 Å². The number of fused-ring (bicyclic) bond motifs is 1. The Labute approximate surface area is 177 Å². The van der Waals surface area contributed by atoms with Crippen molar-refractivity contribution >= 4 is 28.7 Å². The molecule has 1 spiro atoms. The third kappa shape index (κ3) is 3.39. The van der Waals surface area contributed by atoms with E-state index in [1.165, 1.54) is 44.1 Å². The van der Waals surface area contributed by atoms with E-state index < -0.39 is 0 Å². The van der Waals surface area contributed by atoms with Crippen LogP contribution in [0.5, 0.6) is 0 Å². The molecule has 2 aliphatic heterocycles. The van der Waals surface area contributed by atoms with Crippen LogP contribution in [-0.4, -0.2) is 41.1 Å². The summed E-state index contributed by atoms with van der Waals surface area (Å²) in [6.07, 6.45) is 13.0. The first-order valence-corrected chi connectivity index (χ1v) is 11.4. The molecular formula is C23H31N5O2. The second-order valence-corrected chi connectivity index (χ2v) is 9.22. The molecule has 160 valence electrons. The van der Waals surface area contributed by atoms with Gasteiger partial charge in [-0.1, -0.05) is 6.92 Å². The Bertz CT molecular complexity index is 965. The van der Waals surface area contributed by atoms with Gasteiger partial charge in [0.2, 0.25) is 5.91 Å². The highest BCUT2D eigenvalue weighted by molar-refractivity contribution is 6.06. The van der Waals surface area contributed by atoms with Crippen molar-refractivity contribution < 1.29 is 9.59 Å². The first-order chi connectivity index (χ1) is 14.6. The van der Waals surface area contributed by atoms with Gasteiger partial charge in [-0.25, -0.2) is 9.78 Å². The average Bonchev–Trinajstić information content (AvgIpc) is 3.13. The van der Waals surface area contributed by atoms with E-state index in [0.717, 1.165) is 36.2 Å². The maximum atomic E-state index is 12.3. The predicted octanol–water partition coefficient (Wildman–Crippen LogP) is 3.53. The normalized spacial score (nSPS) is 22.6. The number of nitrogens with zero attached hydrogens (tertiary/aromatic N) is 3. The molecule has 0 radical (unpaired) electrons. The third-order valence-corrected chi connectivity index (χ3v) is 7.56. The van der Waals surface area contributed by atoms with Crippen LogP contribution in [0, 0.1) is 5.41 Å². The van der Waals surface area contributed by atoms with Gasteiger partial charge in [-0.3, -0.25) is 15.0 Å². The Balaban J connectivity index is 1.41. The van der Waals surface area contributed by atoms with Crippen molar-refractivity contribution in [1.29, 1.82) is 0 Å². The molecule has 2 aromatic rings. The Morgan fingerprint density at radius 1 is 1.17 bits per heavy atom. The smallest absolute Gasteiger partial charge is 0.328 e. The number of piperidine rings is 1. The van der Waals surface area contributed by atoms with E-state index in [4.69, 9.17) is 4.98 Å². The lowest BCUT2D eigenvalue weighted by Crippen LogP contribution is -2.49. The van der Waals surface area contributed by atoms with Crippen LogP contribution in [0.2, 0.25) is 0 Å². The van der Waals surface area contributed by atoms with Gasteiger partial charge < -0.3 is 9.88 Å². The molecule has 3 amide bonds. The fourth-order valence-corrected chi connectivity index (χ4v) is 5.66. The highest BCUT2D eigenvalue weighted by Crippen LogP contribution is 2.47. The van der Waals surface area contributed by atoms with Crippen molar-refractivity contribution in [2.24, 2.45) is 5.41 Å². The molecule has 3 fully saturated rings. The number of aryl methyl sites for hydroxylation is 1. The molecule has 3 aliphatic rings.